The van der Waals surface area contributed by atoms with Crippen molar-refractivity contribution < 1.29 is 13.2 Å². The molecule has 3 heterocycles. The topological polar surface area (TPSA) is 61.9 Å². The van der Waals surface area contributed by atoms with Crippen LogP contribution >= 0.6 is 0 Å². The number of methoxy groups -OCH3 is 1. The van der Waals surface area contributed by atoms with Crippen LogP contribution in [0.2, 0.25) is 0 Å². The quantitative estimate of drug-likeness (QED) is 0.376. The average molecular weight is 548 g/mol. The molecule has 6 rings (SSSR count). The predicted molar refractivity (Wildman–Crippen MR) is 159 cm³/mol. The van der Waals surface area contributed by atoms with E-state index in [9.17, 15) is 8.42 Å². The Hall–Kier alpha value is -2.87. The van der Waals surface area contributed by atoms with E-state index in [0.29, 0.717) is 30.2 Å². The van der Waals surface area contributed by atoms with Crippen molar-refractivity contribution in [2.24, 2.45) is 5.92 Å². The highest BCUT2D eigenvalue weighted by Crippen LogP contribution is 2.42. The summed E-state index contributed by atoms with van der Waals surface area (Å²) < 4.78 is 32.8. The van der Waals surface area contributed by atoms with Gasteiger partial charge in [0.05, 0.1) is 18.0 Å². The average Bonchev–Trinajstić information content (AvgIpc) is 2.97. The highest BCUT2D eigenvalue weighted by Gasteiger charge is 2.46. The molecule has 0 aromatic heterocycles. The van der Waals surface area contributed by atoms with E-state index in [0.717, 1.165) is 24.4 Å². The van der Waals surface area contributed by atoms with E-state index in [1.54, 1.807) is 28.0 Å². The number of rotatable bonds is 10. The highest BCUT2D eigenvalue weighted by atomic mass is 32.2. The number of nitrogens with zero attached hydrogens (tertiary/aromatic N) is 2. The van der Waals surface area contributed by atoms with Gasteiger partial charge in [-0.15, -0.1) is 0 Å². The summed E-state index contributed by atoms with van der Waals surface area (Å²) in [6, 6.07) is 28.0. The molecule has 39 heavy (non-hydrogen) atoms. The Balaban J connectivity index is 1.47. The summed E-state index contributed by atoms with van der Waals surface area (Å²) in [5.74, 6) is 1.61. The summed E-state index contributed by atoms with van der Waals surface area (Å²) in [5, 5.41) is 3.46. The van der Waals surface area contributed by atoms with E-state index < -0.39 is 15.3 Å². The van der Waals surface area contributed by atoms with Crippen molar-refractivity contribution in [3.05, 3.63) is 95.6 Å². The molecule has 0 unspecified atom stereocenters. The van der Waals surface area contributed by atoms with Crippen LogP contribution in [0, 0.1) is 5.92 Å². The smallest absolute Gasteiger partial charge is 0.237 e. The van der Waals surface area contributed by atoms with Gasteiger partial charge >= 0.3 is 0 Å². The molecular formula is C32H41N3O3S. The normalized spacial score (nSPS) is 22.8. The zero-order valence-corrected chi connectivity index (χ0v) is 24.3. The van der Waals surface area contributed by atoms with Gasteiger partial charge in [-0.25, -0.2) is 8.42 Å². The first kappa shape index (κ1) is 27.7. The fourth-order valence-electron chi connectivity index (χ4n) is 6.49. The number of sulfonamides is 1. The molecule has 0 amide bonds. The largest absolute Gasteiger partial charge is 0.496 e. The summed E-state index contributed by atoms with van der Waals surface area (Å²) in [7, 11) is -0.126. The Morgan fingerprint density at radius 3 is 2.08 bits per heavy atom. The monoisotopic (exact) mass is 547 g/mol. The number of anilines is 1. The van der Waals surface area contributed by atoms with Crippen LogP contribution in [0.1, 0.15) is 49.3 Å². The lowest BCUT2D eigenvalue weighted by atomic mass is 9.70. The number of piperidine rings is 3. The highest BCUT2D eigenvalue weighted by molar-refractivity contribution is 7.93. The van der Waals surface area contributed by atoms with Gasteiger partial charge in [0.2, 0.25) is 10.0 Å². The summed E-state index contributed by atoms with van der Waals surface area (Å²) in [6.07, 6.45) is 2.38. The Morgan fingerprint density at radius 1 is 0.949 bits per heavy atom. The number of fused-ring (bicyclic) bond motifs is 3. The number of hydrogen-bond donors (Lipinski definition) is 1. The van der Waals surface area contributed by atoms with Crippen molar-refractivity contribution in [1.29, 1.82) is 0 Å². The second-order valence-electron chi connectivity index (χ2n) is 11.1. The maximum atomic E-state index is 12.8. The Labute approximate surface area is 234 Å². The molecule has 6 nitrogen and oxygen atoms in total. The standard InChI is InChI=1S/C32H41N3O3S/c1-23(2)39(36,37)34(3)28-15-16-29(38-4)27(21-28)22-33-31-26-17-19-35(20-18-26)32(31)30(24-11-7-5-8-12-24)25-13-9-6-10-14-25/h5-16,21,23,26,30-33H,17-20,22H2,1-4H3/t31-,32-/m0/s1. The molecule has 0 aliphatic carbocycles. The molecule has 3 aromatic rings. The van der Waals surface area contributed by atoms with Crippen molar-refractivity contribution in [3.8, 4) is 5.75 Å². The van der Waals surface area contributed by atoms with Crippen LogP contribution < -0.4 is 14.4 Å². The van der Waals surface area contributed by atoms with Gasteiger partial charge in [0.15, 0.2) is 0 Å². The second-order valence-corrected chi connectivity index (χ2v) is 13.6. The molecule has 3 fully saturated rings. The third-order valence-corrected chi connectivity index (χ3v) is 10.8. The number of hydrogen-bond acceptors (Lipinski definition) is 5. The lowest BCUT2D eigenvalue weighted by Gasteiger charge is -2.54. The number of benzene rings is 3. The first-order chi connectivity index (χ1) is 18.8. The minimum Gasteiger partial charge on any atom is -0.496 e. The summed E-state index contributed by atoms with van der Waals surface area (Å²) in [6.45, 7) is 6.28. The van der Waals surface area contributed by atoms with E-state index >= 15 is 0 Å². The van der Waals surface area contributed by atoms with Gasteiger partial charge in [-0.05, 0) is 75.0 Å². The first-order valence-electron chi connectivity index (χ1n) is 14.0. The van der Waals surface area contributed by atoms with E-state index in [2.05, 4.69) is 70.9 Å². The van der Waals surface area contributed by atoms with Crippen molar-refractivity contribution in [3.63, 3.8) is 0 Å². The van der Waals surface area contributed by atoms with E-state index in [1.165, 1.54) is 28.3 Å². The molecule has 0 radical (unpaired) electrons. The molecule has 0 saturated carbocycles. The molecule has 3 aromatic carbocycles. The van der Waals surface area contributed by atoms with E-state index in [1.807, 2.05) is 18.2 Å². The molecular weight excluding hydrogens is 506 g/mol. The van der Waals surface area contributed by atoms with Crippen molar-refractivity contribution >= 4 is 15.7 Å². The molecule has 208 valence electrons. The molecule has 2 atom stereocenters. The molecule has 3 aliphatic heterocycles. The lowest BCUT2D eigenvalue weighted by Crippen LogP contribution is -2.64. The minimum atomic E-state index is -3.42. The Morgan fingerprint density at radius 2 is 1.54 bits per heavy atom. The van der Waals surface area contributed by atoms with Gasteiger partial charge in [-0.3, -0.25) is 9.21 Å². The summed E-state index contributed by atoms with van der Waals surface area (Å²) in [4.78, 5) is 2.68. The van der Waals surface area contributed by atoms with Gasteiger partial charge in [0.25, 0.3) is 0 Å². The maximum Gasteiger partial charge on any atom is 0.237 e. The van der Waals surface area contributed by atoms with E-state index in [4.69, 9.17) is 4.74 Å². The van der Waals surface area contributed by atoms with Crippen LogP contribution in [0.3, 0.4) is 0 Å². The predicted octanol–water partition coefficient (Wildman–Crippen LogP) is 5.25. The van der Waals surface area contributed by atoms with Crippen LogP contribution in [0.25, 0.3) is 0 Å². The van der Waals surface area contributed by atoms with Crippen LogP contribution in [0.4, 0.5) is 5.69 Å². The second kappa shape index (κ2) is 11.7. The van der Waals surface area contributed by atoms with Crippen molar-refractivity contribution in [2.75, 3.05) is 31.6 Å². The maximum absolute atomic E-state index is 12.8. The molecule has 2 bridgehead atoms. The van der Waals surface area contributed by atoms with Gasteiger partial charge in [0.1, 0.15) is 5.75 Å². The van der Waals surface area contributed by atoms with Gasteiger partial charge in [0, 0.05) is 37.2 Å². The van der Waals surface area contributed by atoms with Crippen LogP contribution in [0.15, 0.2) is 78.9 Å². The fourth-order valence-corrected chi connectivity index (χ4v) is 7.53. The molecule has 0 spiro atoms. The SMILES string of the molecule is COc1ccc(N(C)S(=O)(=O)C(C)C)cc1CN[C@H]1C2CCN(CC2)[C@H]1C(c1ccccc1)c1ccccc1. The van der Waals surface area contributed by atoms with Crippen molar-refractivity contribution in [1.82, 2.24) is 10.2 Å². The van der Waals surface area contributed by atoms with E-state index in [-0.39, 0.29) is 5.92 Å². The van der Waals surface area contributed by atoms with Crippen LogP contribution in [-0.4, -0.2) is 57.9 Å². The number of nitrogens with one attached hydrogen (secondary N) is 1. The van der Waals surface area contributed by atoms with Crippen LogP contribution in [0.5, 0.6) is 5.75 Å². The molecule has 3 aliphatic rings. The fraction of sp³-hybridized carbons (Fsp3) is 0.438. The minimum absolute atomic E-state index is 0.253. The van der Waals surface area contributed by atoms with Gasteiger partial charge in [-0.2, -0.15) is 0 Å². The summed E-state index contributed by atoms with van der Waals surface area (Å²) >= 11 is 0. The Bertz CT molecular complexity index is 1300. The van der Waals surface area contributed by atoms with Gasteiger partial charge in [-0.1, -0.05) is 60.7 Å². The Kier molecular flexibility index (Phi) is 8.31. The zero-order chi connectivity index (χ0) is 27.6. The third kappa shape index (κ3) is 5.58. The lowest BCUT2D eigenvalue weighted by molar-refractivity contribution is 0.00462. The van der Waals surface area contributed by atoms with Crippen LogP contribution in [-0.2, 0) is 16.6 Å². The van der Waals surface area contributed by atoms with Crippen molar-refractivity contribution in [2.45, 2.75) is 56.5 Å². The third-order valence-electron chi connectivity index (χ3n) is 8.66. The zero-order valence-electron chi connectivity index (χ0n) is 23.5. The first-order valence-corrected chi connectivity index (χ1v) is 15.5. The number of ether oxygens (including phenoxy) is 1. The summed E-state index contributed by atoms with van der Waals surface area (Å²) in [5.41, 5.74) is 4.30. The molecule has 1 N–H and O–H groups in total. The molecule has 3 saturated heterocycles. The molecule has 7 heteroatoms. The van der Waals surface area contributed by atoms with Gasteiger partial charge < -0.3 is 10.1 Å².